The number of benzene rings is 1. The number of alkyl halides is 1. The first-order chi connectivity index (χ1) is 7.11. The Morgan fingerprint density at radius 2 is 2.20 bits per heavy atom. The van der Waals surface area contributed by atoms with Gasteiger partial charge in [-0.2, -0.15) is 5.26 Å². The molecule has 0 saturated heterocycles. The molecule has 4 heteroatoms. The molecule has 0 fully saturated rings. The number of nitrogens with zero attached hydrogens (tertiary/aromatic N) is 2. The van der Waals surface area contributed by atoms with Crippen LogP contribution < -0.4 is 4.90 Å². The zero-order valence-corrected chi connectivity index (χ0v) is 8.20. The fraction of sp³-hybridized carbons (Fsp3) is 0.273. The Balaban J connectivity index is 2.62. The summed E-state index contributed by atoms with van der Waals surface area (Å²) in [6.07, 6.45) is -0.437. The number of nitriles is 1. The molecule has 0 unspecified atom stereocenters. The first-order valence-corrected chi connectivity index (χ1v) is 4.55. The number of carbonyl (C=O) groups excluding carboxylic acids is 1. The molecule has 1 amide bonds. The van der Waals surface area contributed by atoms with E-state index in [-0.39, 0.29) is 0 Å². The third-order valence-corrected chi connectivity index (χ3v) is 2.66. The maximum atomic E-state index is 14.3. The van der Waals surface area contributed by atoms with E-state index in [1.165, 1.54) is 11.9 Å². The zero-order chi connectivity index (χ0) is 11.1. The average Bonchev–Trinajstić information content (AvgIpc) is 2.43. The number of rotatable bonds is 1. The lowest BCUT2D eigenvalue weighted by molar-refractivity contribution is -0.128. The Bertz CT molecular complexity index is 466. The van der Waals surface area contributed by atoms with Gasteiger partial charge in [0.05, 0.1) is 18.2 Å². The van der Waals surface area contributed by atoms with Gasteiger partial charge in [-0.3, -0.25) is 4.79 Å². The summed E-state index contributed by atoms with van der Waals surface area (Å²) in [5, 5.41) is 8.56. The fourth-order valence-corrected chi connectivity index (χ4v) is 1.87. The predicted octanol–water partition coefficient (Wildman–Crippen LogP) is 1.74. The third-order valence-electron chi connectivity index (χ3n) is 2.66. The number of hydrogen-bond acceptors (Lipinski definition) is 2. The molecule has 1 aliphatic heterocycles. The minimum atomic E-state index is -2.17. The number of fused-ring (bicyclic) bond motifs is 1. The van der Waals surface area contributed by atoms with Crippen LogP contribution in [0.4, 0.5) is 10.1 Å². The molecule has 0 radical (unpaired) electrons. The lowest BCUT2D eigenvalue weighted by Crippen LogP contribution is -2.34. The molecule has 76 valence electrons. The Kier molecular flexibility index (Phi) is 1.97. The van der Waals surface area contributed by atoms with Gasteiger partial charge in [-0.05, 0) is 6.07 Å². The van der Waals surface area contributed by atoms with Crippen LogP contribution in [0, 0.1) is 11.3 Å². The number of anilines is 1. The Hall–Kier alpha value is -1.89. The summed E-state index contributed by atoms with van der Waals surface area (Å²) < 4.78 is 14.3. The molecular formula is C11H9FN2O. The lowest BCUT2D eigenvalue weighted by atomic mass is 9.94. The summed E-state index contributed by atoms with van der Waals surface area (Å²) in [6.45, 7) is 0. The molecule has 2 rings (SSSR count). The zero-order valence-electron chi connectivity index (χ0n) is 8.20. The van der Waals surface area contributed by atoms with Gasteiger partial charge in [0.15, 0.2) is 0 Å². The predicted molar refractivity (Wildman–Crippen MR) is 52.9 cm³/mol. The quantitative estimate of drug-likeness (QED) is 0.699. The molecule has 0 aliphatic carbocycles. The molecule has 0 saturated carbocycles. The second kappa shape index (κ2) is 3.06. The van der Waals surface area contributed by atoms with E-state index < -0.39 is 18.0 Å². The summed E-state index contributed by atoms with van der Waals surface area (Å²) in [5.74, 6) is -0.662. The first-order valence-electron chi connectivity index (χ1n) is 4.55. The van der Waals surface area contributed by atoms with Gasteiger partial charge in [0.25, 0.3) is 5.91 Å². The van der Waals surface area contributed by atoms with Crippen molar-refractivity contribution in [1.29, 1.82) is 5.26 Å². The van der Waals surface area contributed by atoms with E-state index in [2.05, 4.69) is 0 Å². The maximum Gasteiger partial charge on any atom is 0.270 e. The van der Waals surface area contributed by atoms with E-state index in [1.807, 2.05) is 0 Å². The highest BCUT2D eigenvalue weighted by molar-refractivity contribution is 6.06. The molecular weight excluding hydrogens is 195 g/mol. The molecule has 0 bridgehead atoms. The van der Waals surface area contributed by atoms with Crippen LogP contribution in [0.25, 0.3) is 0 Å². The normalized spacial score (nSPS) is 23.8. The van der Waals surface area contributed by atoms with Gasteiger partial charge in [0.2, 0.25) is 5.67 Å². The van der Waals surface area contributed by atoms with Crippen molar-refractivity contribution >= 4 is 11.6 Å². The summed E-state index contributed by atoms with van der Waals surface area (Å²) in [5.41, 5.74) is -1.33. The highest BCUT2D eigenvalue weighted by atomic mass is 19.1. The van der Waals surface area contributed by atoms with Gasteiger partial charge >= 0.3 is 0 Å². The molecule has 15 heavy (non-hydrogen) atoms. The maximum absolute atomic E-state index is 14.3. The minimum Gasteiger partial charge on any atom is -0.312 e. The highest BCUT2D eigenvalue weighted by Crippen LogP contribution is 2.43. The van der Waals surface area contributed by atoms with Crippen LogP contribution in [0.1, 0.15) is 12.0 Å². The van der Waals surface area contributed by atoms with Crippen LogP contribution in [-0.4, -0.2) is 13.0 Å². The minimum absolute atomic E-state index is 0.291. The van der Waals surface area contributed by atoms with E-state index in [1.54, 1.807) is 30.3 Å². The highest BCUT2D eigenvalue weighted by Gasteiger charge is 2.50. The summed E-state index contributed by atoms with van der Waals surface area (Å²) >= 11 is 0. The summed E-state index contributed by atoms with van der Waals surface area (Å²) in [7, 11) is 1.51. The topological polar surface area (TPSA) is 44.1 Å². The van der Waals surface area contributed by atoms with Crippen molar-refractivity contribution in [2.45, 2.75) is 12.1 Å². The standard InChI is InChI=1S/C11H9FN2O/c1-14-9-5-3-2-4-8(9)11(12,6-7-13)10(14)15/h2-5H,6H2,1H3/t11-/m0/s1. The molecule has 0 aromatic heterocycles. The number of hydrogen-bond donors (Lipinski definition) is 0. The van der Waals surface area contributed by atoms with Crippen molar-refractivity contribution in [3.05, 3.63) is 29.8 Å². The van der Waals surface area contributed by atoms with Crippen LogP contribution >= 0.6 is 0 Å². The Morgan fingerprint density at radius 3 is 2.87 bits per heavy atom. The van der Waals surface area contributed by atoms with Gasteiger partial charge in [0, 0.05) is 12.6 Å². The third kappa shape index (κ3) is 1.13. The molecule has 1 aromatic rings. The average molecular weight is 204 g/mol. The van der Waals surface area contributed by atoms with E-state index in [0.717, 1.165) is 0 Å². The summed E-state index contributed by atoms with van der Waals surface area (Å²) in [6, 6.07) is 8.34. The van der Waals surface area contributed by atoms with Gasteiger partial charge in [-0.15, -0.1) is 0 Å². The molecule has 1 aromatic carbocycles. The van der Waals surface area contributed by atoms with Crippen molar-refractivity contribution < 1.29 is 9.18 Å². The summed E-state index contributed by atoms with van der Waals surface area (Å²) in [4.78, 5) is 12.9. The largest absolute Gasteiger partial charge is 0.312 e. The van der Waals surface area contributed by atoms with Crippen molar-refractivity contribution in [2.24, 2.45) is 0 Å². The van der Waals surface area contributed by atoms with Crippen LogP contribution in [0.3, 0.4) is 0 Å². The van der Waals surface area contributed by atoms with Crippen LogP contribution in [0.5, 0.6) is 0 Å². The SMILES string of the molecule is CN1C(=O)[C@](F)(CC#N)c2ccccc21. The van der Waals surface area contributed by atoms with Gasteiger partial charge in [0.1, 0.15) is 0 Å². The molecule has 1 atom stereocenters. The van der Waals surface area contributed by atoms with Gasteiger partial charge in [-0.1, -0.05) is 18.2 Å². The lowest BCUT2D eigenvalue weighted by Gasteiger charge is -2.14. The van der Waals surface area contributed by atoms with Crippen molar-refractivity contribution in [1.82, 2.24) is 0 Å². The number of likely N-dealkylation sites (N-methyl/N-ethyl adjacent to an activating group) is 1. The number of amides is 1. The monoisotopic (exact) mass is 204 g/mol. The van der Waals surface area contributed by atoms with Crippen molar-refractivity contribution in [3.63, 3.8) is 0 Å². The van der Waals surface area contributed by atoms with E-state index in [9.17, 15) is 9.18 Å². The second-order valence-electron chi connectivity index (χ2n) is 3.52. The molecule has 3 nitrogen and oxygen atoms in total. The van der Waals surface area contributed by atoms with Crippen LogP contribution in [-0.2, 0) is 10.5 Å². The van der Waals surface area contributed by atoms with E-state index >= 15 is 0 Å². The first kappa shape index (κ1) is 9.66. The fourth-order valence-electron chi connectivity index (χ4n) is 1.87. The second-order valence-corrected chi connectivity index (χ2v) is 3.52. The molecule has 1 heterocycles. The van der Waals surface area contributed by atoms with E-state index in [0.29, 0.717) is 11.3 Å². The number of para-hydroxylation sites is 1. The smallest absolute Gasteiger partial charge is 0.270 e. The number of carbonyl (C=O) groups is 1. The molecule has 1 aliphatic rings. The van der Waals surface area contributed by atoms with Crippen LogP contribution in [0.2, 0.25) is 0 Å². The Morgan fingerprint density at radius 1 is 1.53 bits per heavy atom. The molecule has 0 spiro atoms. The van der Waals surface area contributed by atoms with Crippen molar-refractivity contribution in [2.75, 3.05) is 11.9 Å². The molecule has 0 N–H and O–H groups in total. The van der Waals surface area contributed by atoms with Crippen LogP contribution in [0.15, 0.2) is 24.3 Å². The van der Waals surface area contributed by atoms with Gasteiger partial charge < -0.3 is 4.90 Å². The Labute approximate surface area is 86.7 Å². The van der Waals surface area contributed by atoms with E-state index in [4.69, 9.17) is 5.26 Å². The van der Waals surface area contributed by atoms with Crippen molar-refractivity contribution in [3.8, 4) is 6.07 Å². The van der Waals surface area contributed by atoms with Gasteiger partial charge in [-0.25, -0.2) is 4.39 Å². The number of halogens is 1.